The van der Waals surface area contributed by atoms with E-state index in [1.165, 1.54) is 12.1 Å². The van der Waals surface area contributed by atoms with E-state index in [1.807, 2.05) is 0 Å². The van der Waals surface area contributed by atoms with Crippen molar-refractivity contribution in [3.8, 4) is 0 Å². The number of benzene rings is 1. The van der Waals surface area contributed by atoms with Gasteiger partial charge in [0.15, 0.2) is 9.84 Å². The van der Waals surface area contributed by atoms with Crippen LogP contribution in [0.2, 0.25) is 0 Å². The number of sulfone groups is 1. The van der Waals surface area contributed by atoms with E-state index in [0.717, 1.165) is 0 Å². The SMILES string of the molecule is CC(C)S(=O)(=O)c1ccc(NC=O)cc1. The molecule has 0 aromatic heterocycles. The van der Waals surface area contributed by atoms with E-state index < -0.39 is 15.1 Å². The number of hydrogen-bond acceptors (Lipinski definition) is 3. The van der Waals surface area contributed by atoms with Crippen LogP contribution < -0.4 is 5.32 Å². The van der Waals surface area contributed by atoms with Crippen molar-refractivity contribution in [2.24, 2.45) is 0 Å². The summed E-state index contributed by atoms with van der Waals surface area (Å²) in [6.07, 6.45) is 0.548. The molecule has 82 valence electrons. The monoisotopic (exact) mass is 227 g/mol. The van der Waals surface area contributed by atoms with Crippen molar-refractivity contribution >= 4 is 21.9 Å². The molecule has 0 unspecified atom stereocenters. The van der Waals surface area contributed by atoms with Crippen molar-refractivity contribution in [3.05, 3.63) is 24.3 Å². The molecule has 15 heavy (non-hydrogen) atoms. The van der Waals surface area contributed by atoms with Gasteiger partial charge >= 0.3 is 0 Å². The lowest BCUT2D eigenvalue weighted by Gasteiger charge is -2.07. The molecule has 0 spiro atoms. The van der Waals surface area contributed by atoms with Crippen LogP contribution in [-0.2, 0) is 14.6 Å². The van der Waals surface area contributed by atoms with Gasteiger partial charge < -0.3 is 5.32 Å². The first-order chi connectivity index (χ1) is 6.98. The largest absolute Gasteiger partial charge is 0.329 e. The molecular formula is C10H13NO3S. The molecule has 1 rings (SSSR count). The van der Waals surface area contributed by atoms with Gasteiger partial charge in [0, 0.05) is 5.69 Å². The molecule has 1 aromatic carbocycles. The van der Waals surface area contributed by atoms with Crippen LogP contribution in [-0.4, -0.2) is 20.1 Å². The van der Waals surface area contributed by atoms with Gasteiger partial charge in [-0.25, -0.2) is 8.42 Å². The van der Waals surface area contributed by atoms with Gasteiger partial charge in [-0.05, 0) is 38.1 Å². The number of hydrogen-bond donors (Lipinski definition) is 1. The third-order valence-corrected chi connectivity index (χ3v) is 4.20. The highest BCUT2D eigenvalue weighted by atomic mass is 32.2. The van der Waals surface area contributed by atoms with Gasteiger partial charge in [0.1, 0.15) is 0 Å². The van der Waals surface area contributed by atoms with Crippen molar-refractivity contribution in [2.75, 3.05) is 5.32 Å². The van der Waals surface area contributed by atoms with Crippen molar-refractivity contribution in [2.45, 2.75) is 24.0 Å². The van der Waals surface area contributed by atoms with Crippen molar-refractivity contribution in [3.63, 3.8) is 0 Å². The van der Waals surface area contributed by atoms with Crippen LogP contribution in [0.5, 0.6) is 0 Å². The predicted octanol–water partition coefficient (Wildman–Crippen LogP) is 1.44. The summed E-state index contributed by atoms with van der Waals surface area (Å²) in [6, 6.07) is 6.09. The summed E-state index contributed by atoms with van der Waals surface area (Å²) < 4.78 is 23.4. The summed E-state index contributed by atoms with van der Waals surface area (Å²) >= 11 is 0. The molecule has 0 heterocycles. The summed E-state index contributed by atoms with van der Waals surface area (Å²) in [4.78, 5) is 10.4. The summed E-state index contributed by atoms with van der Waals surface area (Å²) in [7, 11) is -3.22. The molecule has 1 aromatic rings. The Morgan fingerprint density at radius 3 is 2.13 bits per heavy atom. The second kappa shape index (κ2) is 4.44. The maximum absolute atomic E-state index is 11.7. The second-order valence-corrected chi connectivity index (χ2v) is 5.88. The maximum Gasteiger partial charge on any atom is 0.211 e. The van der Waals surface area contributed by atoms with Gasteiger partial charge in [-0.1, -0.05) is 0 Å². The molecule has 0 aliphatic carbocycles. The highest BCUT2D eigenvalue weighted by molar-refractivity contribution is 7.92. The zero-order valence-corrected chi connectivity index (χ0v) is 9.41. The zero-order chi connectivity index (χ0) is 11.5. The normalized spacial score (nSPS) is 11.4. The van der Waals surface area contributed by atoms with Crippen LogP contribution in [0.3, 0.4) is 0 Å². The zero-order valence-electron chi connectivity index (χ0n) is 8.60. The second-order valence-electron chi connectivity index (χ2n) is 3.38. The van der Waals surface area contributed by atoms with Crippen LogP contribution in [0.15, 0.2) is 29.2 Å². The Labute approximate surface area is 89.2 Å². The maximum atomic E-state index is 11.7. The first-order valence-electron chi connectivity index (χ1n) is 4.52. The van der Waals surface area contributed by atoms with Gasteiger partial charge in [0.05, 0.1) is 10.1 Å². The summed E-state index contributed by atoms with van der Waals surface area (Å²) in [5.74, 6) is 0. The highest BCUT2D eigenvalue weighted by Crippen LogP contribution is 2.17. The molecule has 4 nitrogen and oxygen atoms in total. The van der Waals surface area contributed by atoms with Crippen LogP contribution >= 0.6 is 0 Å². The standard InChI is InChI=1S/C10H13NO3S/c1-8(2)15(13,14)10-5-3-9(4-6-10)11-7-12/h3-8H,1-2H3,(H,11,12). The van der Waals surface area contributed by atoms with Gasteiger partial charge in [-0.2, -0.15) is 0 Å². The van der Waals surface area contributed by atoms with E-state index in [9.17, 15) is 13.2 Å². The van der Waals surface area contributed by atoms with E-state index in [-0.39, 0.29) is 4.90 Å². The van der Waals surface area contributed by atoms with Gasteiger partial charge in [0.25, 0.3) is 0 Å². The Hall–Kier alpha value is -1.36. The van der Waals surface area contributed by atoms with Crippen molar-refractivity contribution in [1.82, 2.24) is 0 Å². The third-order valence-electron chi connectivity index (χ3n) is 2.03. The Morgan fingerprint density at radius 2 is 1.73 bits per heavy atom. The average molecular weight is 227 g/mol. The van der Waals surface area contributed by atoms with Crippen LogP contribution in [0.25, 0.3) is 0 Å². The number of anilines is 1. The Morgan fingerprint density at radius 1 is 1.20 bits per heavy atom. The topological polar surface area (TPSA) is 63.2 Å². The van der Waals surface area contributed by atoms with Gasteiger partial charge in [0.2, 0.25) is 6.41 Å². The van der Waals surface area contributed by atoms with E-state index in [1.54, 1.807) is 26.0 Å². The lowest BCUT2D eigenvalue weighted by molar-refractivity contribution is -0.105. The number of carbonyl (C=O) groups excluding carboxylic acids is 1. The van der Waals surface area contributed by atoms with Crippen LogP contribution in [0.1, 0.15) is 13.8 Å². The number of nitrogens with one attached hydrogen (secondary N) is 1. The molecule has 0 bridgehead atoms. The Bertz CT molecular complexity index is 434. The first-order valence-corrected chi connectivity index (χ1v) is 6.07. The molecule has 1 N–H and O–H groups in total. The summed E-state index contributed by atoms with van der Waals surface area (Å²) in [5, 5.41) is 2.00. The molecule has 5 heteroatoms. The number of amides is 1. The van der Waals surface area contributed by atoms with E-state index >= 15 is 0 Å². The third kappa shape index (κ3) is 2.56. The van der Waals surface area contributed by atoms with Crippen LogP contribution in [0, 0.1) is 0 Å². The van der Waals surface area contributed by atoms with Crippen LogP contribution in [0.4, 0.5) is 5.69 Å². The number of carbonyl (C=O) groups is 1. The molecule has 1 amide bonds. The van der Waals surface area contributed by atoms with Gasteiger partial charge in [-0.3, -0.25) is 4.79 Å². The summed E-state index contributed by atoms with van der Waals surface area (Å²) in [5.41, 5.74) is 0.577. The molecule has 0 atom stereocenters. The molecule has 0 saturated carbocycles. The molecule has 0 fully saturated rings. The van der Waals surface area contributed by atoms with E-state index in [4.69, 9.17) is 0 Å². The fourth-order valence-corrected chi connectivity index (χ4v) is 2.14. The Balaban J connectivity index is 3.04. The minimum absolute atomic E-state index is 0.272. The number of rotatable bonds is 4. The molecular weight excluding hydrogens is 214 g/mol. The fourth-order valence-electron chi connectivity index (χ4n) is 1.08. The average Bonchev–Trinajstić information content (AvgIpc) is 2.19. The highest BCUT2D eigenvalue weighted by Gasteiger charge is 2.18. The molecule has 0 aliphatic heterocycles. The van der Waals surface area contributed by atoms with Crippen molar-refractivity contribution < 1.29 is 13.2 Å². The lowest BCUT2D eigenvalue weighted by atomic mass is 10.3. The predicted molar refractivity (Wildman–Crippen MR) is 58.5 cm³/mol. The minimum atomic E-state index is -3.22. The smallest absolute Gasteiger partial charge is 0.211 e. The molecule has 0 saturated heterocycles. The van der Waals surface area contributed by atoms with Gasteiger partial charge in [-0.15, -0.1) is 0 Å². The first kappa shape index (κ1) is 11.7. The minimum Gasteiger partial charge on any atom is -0.329 e. The lowest BCUT2D eigenvalue weighted by Crippen LogP contribution is -2.13. The summed E-state index contributed by atoms with van der Waals surface area (Å²) in [6.45, 7) is 3.26. The van der Waals surface area contributed by atoms with E-state index in [0.29, 0.717) is 12.1 Å². The van der Waals surface area contributed by atoms with E-state index in [2.05, 4.69) is 5.32 Å². The fraction of sp³-hybridized carbons (Fsp3) is 0.300. The Kier molecular flexibility index (Phi) is 3.47. The van der Waals surface area contributed by atoms with Crippen molar-refractivity contribution in [1.29, 1.82) is 0 Å². The molecule has 0 aliphatic rings. The quantitative estimate of drug-likeness (QED) is 0.791. The molecule has 0 radical (unpaired) electrons.